The van der Waals surface area contributed by atoms with Crippen molar-refractivity contribution >= 4 is 17.7 Å². The molecule has 0 fully saturated rings. The quantitative estimate of drug-likeness (QED) is 0.622. The summed E-state index contributed by atoms with van der Waals surface area (Å²) in [6.07, 6.45) is 0. The molecule has 0 atom stereocenters. The maximum absolute atomic E-state index is 11.8. The number of hydrogen-bond acceptors (Lipinski definition) is 5. The summed E-state index contributed by atoms with van der Waals surface area (Å²) in [4.78, 5) is 29.4. The van der Waals surface area contributed by atoms with Crippen molar-refractivity contribution < 1.29 is 9.53 Å². The second kappa shape index (κ2) is 7.65. The largest absolute Gasteiger partial charge is 0.497 e. The Morgan fingerprint density at radius 1 is 1.41 bits per heavy atom. The summed E-state index contributed by atoms with van der Waals surface area (Å²) in [7, 11) is 1.60. The number of methoxy groups -OCH3 is 1. The van der Waals surface area contributed by atoms with Gasteiger partial charge in [-0.1, -0.05) is 23.9 Å². The number of carbonyl (C=O) groups is 1. The Kier molecular flexibility index (Phi) is 5.60. The number of aromatic nitrogens is 2. The molecule has 1 aromatic heterocycles. The standard InChI is InChI=1S/C15H17N3O3S/c1-10-6-14(18-15(20)17-10)22-9-13(19)16-8-11-4-3-5-12(7-11)21-2/h3-7H,8-9H2,1-2H3,(H,16,19)(H,17,18,20). The van der Waals surface area contributed by atoms with E-state index in [1.165, 1.54) is 11.8 Å². The lowest BCUT2D eigenvalue weighted by molar-refractivity contribution is -0.118. The zero-order valence-electron chi connectivity index (χ0n) is 12.4. The van der Waals surface area contributed by atoms with Crippen molar-refractivity contribution in [3.05, 3.63) is 52.1 Å². The third-order valence-electron chi connectivity index (χ3n) is 2.83. The molecule has 0 aliphatic heterocycles. The van der Waals surface area contributed by atoms with E-state index in [4.69, 9.17) is 4.74 Å². The molecule has 0 spiro atoms. The van der Waals surface area contributed by atoms with Crippen molar-refractivity contribution in [3.63, 3.8) is 0 Å². The zero-order valence-corrected chi connectivity index (χ0v) is 13.2. The van der Waals surface area contributed by atoms with Crippen LogP contribution in [0.1, 0.15) is 11.3 Å². The number of thioether (sulfide) groups is 1. The highest BCUT2D eigenvalue weighted by Gasteiger charge is 2.05. The lowest BCUT2D eigenvalue weighted by Gasteiger charge is -2.07. The Hall–Kier alpha value is -2.28. The van der Waals surface area contributed by atoms with Crippen LogP contribution in [0.2, 0.25) is 0 Å². The molecule has 6 nitrogen and oxygen atoms in total. The minimum atomic E-state index is -0.403. The number of nitrogens with one attached hydrogen (secondary N) is 2. The van der Waals surface area contributed by atoms with Gasteiger partial charge < -0.3 is 15.0 Å². The normalized spacial score (nSPS) is 10.3. The molecule has 1 aromatic carbocycles. The predicted octanol–water partition coefficient (Wildman–Crippen LogP) is 1.50. The average Bonchev–Trinajstić information content (AvgIpc) is 2.50. The van der Waals surface area contributed by atoms with Gasteiger partial charge in [0.2, 0.25) is 5.91 Å². The van der Waals surface area contributed by atoms with Crippen LogP contribution in [0.15, 0.2) is 40.2 Å². The van der Waals surface area contributed by atoms with Gasteiger partial charge in [-0.25, -0.2) is 4.79 Å². The highest BCUT2D eigenvalue weighted by atomic mass is 32.2. The van der Waals surface area contributed by atoms with Crippen LogP contribution in [-0.4, -0.2) is 28.7 Å². The fourth-order valence-electron chi connectivity index (χ4n) is 1.80. The molecule has 22 heavy (non-hydrogen) atoms. The molecule has 0 unspecified atom stereocenters. The molecule has 116 valence electrons. The van der Waals surface area contributed by atoms with Crippen molar-refractivity contribution in [2.75, 3.05) is 12.9 Å². The molecular weight excluding hydrogens is 302 g/mol. The first-order valence-corrected chi connectivity index (χ1v) is 7.66. The van der Waals surface area contributed by atoms with Crippen LogP contribution in [0.25, 0.3) is 0 Å². The Labute approximate surface area is 132 Å². The van der Waals surface area contributed by atoms with E-state index in [0.29, 0.717) is 11.6 Å². The van der Waals surface area contributed by atoms with E-state index in [1.54, 1.807) is 20.1 Å². The third kappa shape index (κ3) is 4.92. The Bertz CT molecular complexity index is 715. The highest BCUT2D eigenvalue weighted by molar-refractivity contribution is 7.99. The monoisotopic (exact) mass is 319 g/mol. The Morgan fingerprint density at radius 2 is 2.23 bits per heavy atom. The molecule has 0 aliphatic rings. The topological polar surface area (TPSA) is 84.1 Å². The van der Waals surface area contributed by atoms with Crippen molar-refractivity contribution in [1.29, 1.82) is 0 Å². The number of hydrogen-bond donors (Lipinski definition) is 2. The van der Waals surface area contributed by atoms with Gasteiger partial charge in [-0.05, 0) is 30.7 Å². The van der Waals surface area contributed by atoms with E-state index in [2.05, 4.69) is 15.3 Å². The van der Waals surface area contributed by atoms with Gasteiger partial charge in [-0.3, -0.25) is 4.79 Å². The van der Waals surface area contributed by atoms with E-state index in [1.807, 2.05) is 24.3 Å². The molecular formula is C15H17N3O3S. The average molecular weight is 319 g/mol. The van der Waals surface area contributed by atoms with Gasteiger partial charge in [0.25, 0.3) is 0 Å². The van der Waals surface area contributed by atoms with Crippen molar-refractivity contribution in [1.82, 2.24) is 15.3 Å². The Balaban J connectivity index is 1.84. The number of nitrogens with zero attached hydrogens (tertiary/aromatic N) is 1. The number of benzene rings is 1. The van der Waals surface area contributed by atoms with Crippen molar-refractivity contribution in [2.24, 2.45) is 0 Å². The third-order valence-corrected chi connectivity index (χ3v) is 3.74. The van der Waals surface area contributed by atoms with Gasteiger partial charge in [0.05, 0.1) is 12.9 Å². The molecule has 2 rings (SSSR count). The molecule has 1 amide bonds. The summed E-state index contributed by atoms with van der Waals surface area (Å²) >= 11 is 1.23. The molecule has 0 saturated carbocycles. The van der Waals surface area contributed by atoms with E-state index < -0.39 is 5.69 Å². The van der Waals surface area contributed by atoms with Gasteiger partial charge in [0.15, 0.2) is 0 Å². The summed E-state index contributed by atoms with van der Waals surface area (Å²) in [5.41, 5.74) is 1.28. The first kappa shape index (κ1) is 16.1. The van der Waals surface area contributed by atoms with Crippen molar-refractivity contribution in [3.8, 4) is 5.75 Å². The van der Waals surface area contributed by atoms with E-state index in [0.717, 1.165) is 17.0 Å². The molecule has 0 bridgehead atoms. The smallest absolute Gasteiger partial charge is 0.346 e. The predicted molar refractivity (Wildman–Crippen MR) is 85.2 cm³/mol. The van der Waals surface area contributed by atoms with Crippen LogP contribution >= 0.6 is 11.8 Å². The van der Waals surface area contributed by atoms with Crippen LogP contribution in [0.3, 0.4) is 0 Å². The Morgan fingerprint density at radius 3 is 2.95 bits per heavy atom. The summed E-state index contributed by atoms with van der Waals surface area (Å²) in [6, 6.07) is 9.24. The van der Waals surface area contributed by atoms with E-state index in [-0.39, 0.29) is 11.7 Å². The van der Waals surface area contributed by atoms with E-state index in [9.17, 15) is 9.59 Å². The molecule has 2 N–H and O–H groups in total. The number of aryl methyl sites for hydroxylation is 1. The second-order valence-electron chi connectivity index (χ2n) is 4.62. The SMILES string of the molecule is COc1cccc(CNC(=O)CSc2cc(C)[nH]c(=O)n2)c1. The molecule has 7 heteroatoms. The van der Waals surface area contributed by atoms with Crippen LogP contribution in [0, 0.1) is 6.92 Å². The zero-order chi connectivity index (χ0) is 15.9. The van der Waals surface area contributed by atoms with Gasteiger partial charge in [-0.15, -0.1) is 0 Å². The van der Waals surface area contributed by atoms with Gasteiger partial charge in [0, 0.05) is 12.2 Å². The van der Waals surface area contributed by atoms with Crippen LogP contribution < -0.4 is 15.7 Å². The molecule has 1 heterocycles. The van der Waals surface area contributed by atoms with Crippen LogP contribution in [-0.2, 0) is 11.3 Å². The summed E-state index contributed by atoms with van der Waals surface area (Å²) in [5.74, 6) is 0.844. The maximum atomic E-state index is 11.8. The lowest BCUT2D eigenvalue weighted by atomic mass is 10.2. The van der Waals surface area contributed by atoms with Gasteiger partial charge in [0.1, 0.15) is 10.8 Å². The number of aromatic amines is 1. The maximum Gasteiger partial charge on any atom is 0.346 e. The summed E-state index contributed by atoms with van der Waals surface area (Å²) in [6.45, 7) is 2.20. The second-order valence-corrected chi connectivity index (χ2v) is 5.62. The minimum absolute atomic E-state index is 0.118. The number of rotatable bonds is 6. The number of carbonyl (C=O) groups excluding carboxylic acids is 1. The number of ether oxygens (including phenoxy) is 1. The summed E-state index contributed by atoms with van der Waals surface area (Å²) < 4.78 is 5.13. The van der Waals surface area contributed by atoms with Crippen LogP contribution in [0.4, 0.5) is 0 Å². The fourth-order valence-corrected chi connectivity index (χ4v) is 2.59. The number of H-pyrrole nitrogens is 1. The molecule has 2 aromatic rings. The highest BCUT2D eigenvalue weighted by Crippen LogP contribution is 2.14. The van der Waals surface area contributed by atoms with Gasteiger partial charge in [-0.2, -0.15) is 4.98 Å². The first-order chi connectivity index (χ1) is 10.6. The lowest BCUT2D eigenvalue weighted by Crippen LogP contribution is -2.24. The van der Waals surface area contributed by atoms with Crippen LogP contribution in [0.5, 0.6) is 5.75 Å². The van der Waals surface area contributed by atoms with Crippen molar-refractivity contribution in [2.45, 2.75) is 18.5 Å². The summed E-state index contributed by atoms with van der Waals surface area (Å²) in [5, 5.41) is 3.36. The minimum Gasteiger partial charge on any atom is -0.497 e. The van der Waals surface area contributed by atoms with Gasteiger partial charge >= 0.3 is 5.69 Å². The molecule has 0 radical (unpaired) electrons. The molecule has 0 saturated heterocycles. The fraction of sp³-hybridized carbons (Fsp3) is 0.267. The van der Waals surface area contributed by atoms with E-state index >= 15 is 0 Å². The molecule has 0 aliphatic carbocycles. The first-order valence-electron chi connectivity index (χ1n) is 6.67. The number of amides is 1.